The van der Waals surface area contributed by atoms with Crippen molar-refractivity contribution >= 4 is 18.0 Å². The minimum atomic E-state index is 0.592. The number of allylic oxidation sites excluding steroid dienone is 2. The second-order valence-corrected chi connectivity index (χ2v) is 9.04. The van der Waals surface area contributed by atoms with Crippen molar-refractivity contribution in [2.75, 3.05) is 25.5 Å². The second kappa shape index (κ2) is 9.76. The number of rotatable bonds is 6. The minimum Gasteiger partial charge on any atom is -0.366 e. The molecule has 2 aliphatic rings. The minimum absolute atomic E-state index is 0.592. The van der Waals surface area contributed by atoms with Gasteiger partial charge in [-0.3, -0.25) is 4.90 Å². The topological polar surface area (TPSA) is 68.1 Å². The Morgan fingerprint density at radius 1 is 1.24 bits per heavy atom. The van der Waals surface area contributed by atoms with Gasteiger partial charge < -0.3 is 10.2 Å². The molecule has 2 saturated heterocycles. The normalized spacial score (nSPS) is 21.7. The molecule has 0 bridgehead atoms. The van der Waals surface area contributed by atoms with Crippen LogP contribution in [-0.4, -0.2) is 52.2 Å². The fourth-order valence-electron chi connectivity index (χ4n) is 5.17. The third-order valence-corrected chi connectivity index (χ3v) is 7.13. The Bertz CT molecular complexity index is 1220. The maximum Gasteiger partial charge on any atom is 0.156 e. The van der Waals surface area contributed by atoms with E-state index >= 15 is 0 Å². The molecule has 0 amide bonds. The fourth-order valence-corrected chi connectivity index (χ4v) is 5.17. The van der Waals surface area contributed by atoms with E-state index < -0.39 is 0 Å². The summed E-state index contributed by atoms with van der Waals surface area (Å²) in [6.45, 7) is 11.1. The molecule has 1 aromatic carbocycles. The van der Waals surface area contributed by atoms with Crippen LogP contribution in [0.25, 0.3) is 12.2 Å². The monoisotopic (exact) mass is 442 g/mol. The molecule has 0 aliphatic carbocycles. The molecule has 6 heteroatoms. The lowest BCUT2D eigenvalue weighted by molar-refractivity contribution is 0.0627. The summed E-state index contributed by atoms with van der Waals surface area (Å²) in [6, 6.07) is 9.39. The lowest BCUT2D eigenvalue weighted by Gasteiger charge is -2.45. The predicted molar refractivity (Wildman–Crippen MR) is 134 cm³/mol. The number of anilines is 1. The SMILES string of the molecule is C/C=c1/c(C)nnc(NCc2cccc(C#N)c2C)/c1=C/C(=C/CC)N1CCC2C1CN2C. The van der Waals surface area contributed by atoms with Crippen molar-refractivity contribution in [2.24, 2.45) is 0 Å². The molecule has 172 valence electrons. The van der Waals surface area contributed by atoms with Crippen LogP contribution in [0.15, 0.2) is 30.0 Å². The van der Waals surface area contributed by atoms with Crippen LogP contribution in [0.3, 0.4) is 0 Å². The van der Waals surface area contributed by atoms with Gasteiger partial charge in [0, 0.05) is 41.8 Å². The zero-order chi connectivity index (χ0) is 23.5. The average molecular weight is 443 g/mol. The first-order valence-corrected chi connectivity index (χ1v) is 11.9. The molecule has 2 unspecified atom stereocenters. The van der Waals surface area contributed by atoms with Crippen molar-refractivity contribution in [1.82, 2.24) is 20.0 Å². The number of nitrogens with zero attached hydrogens (tertiary/aromatic N) is 5. The molecule has 0 radical (unpaired) electrons. The van der Waals surface area contributed by atoms with Gasteiger partial charge in [-0.05, 0) is 63.9 Å². The van der Waals surface area contributed by atoms with Gasteiger partial charge in [-0.25, -0.2) is 0 Å². The van der Waals surface area contributed by atoms with E-state index in [1.54, 1.807) is 0 Å². The van der Waals surface area contributed by atoms with Gasteiger partial charge in [-0.2, -0.15) is 10.4 Å². The molecule has 1 N–H and O–H groups in total. The van der Waals surface area contributed by atoms with Crippen LogP contribution in [0.1, 0.15) is 49.1 Å². The van der Waals surface area contributed by atoms with Crippen LogP contribution in [0.2, 0.25) is 0 Å². The van der Waals surface area contributed by atoms with Crippen molar-refractivity contribution in [3.05, 3.63) is 62.8 Å². The molecule has 3 heterocycles. The lowest BCUT2D eigenvalue weighted by atomic mass is 9.98. The number of nitrogens with one attached hydrogen (secondary N) is 1. The smallest absolute Gasteiger partial charge is 0.156 e. The Hall–Kier alpha value is -3.17. The number of aromatic nitrogens is 2. The van der Waals surface area contributed by atoms with Crippen LogP contribution in [0.4, 0.5) is 5.82 Å². The maximum absolute atomic E-state index is 9.37. The van der Waals surface area contributed by atoms with Crippen LogP contribution in [-0.2, 0) is 6.54 Å². The first-order valence-electron chi connectivity index (χ1n) is 11.9. The van der Waals surface area contributed by atoms with Gasteiger partial charge in [0.05, 0.1) is 23.4 Å². The van der Waals surface area contributed by atoms with Crippen LogP contribution in [0, 0.1) is 25.2 Å². The van der Waals surface area contributed by atoms with Crippen molar-refractivity contribution in [1.29, 1.82) is 5.26 Å². The third kappa shape index (κ3) is 4.38. The quantitative estimate of drug-likeness (QED) is 0.742. The van der Waals surface area contributed by atoms with Gasteiger partial charge in [-0.1, -0.05) is 31.2 Å². The first kappa shape index (κ1) is 23.0. The summed E-state index contributed by atoms with van der Waals surface area (Å²) < 4.78 is 0. The van der Waals surface area contributed by atoms with Crippen LogP contribution < -0.4 is 15.8 Å². The van der Waals surface area contributed by atoms with E-state index in [-0.39, 0.29) is 0 Å². The molecule has 2 aromatic rings. The highest BCUT2D eigenvalue weighted by molar-refractivity contribution is 5.55. The van der Waals surface area contributed by atoms with Gasteiger partial charge in [0.15, 0.2) is 5.82 Å². The number of likely N-dealkylation sites (N-methyl/N-ethyl adjacent to an activating group) is 1. The predicted octanol–water partition coefficient (Wildman–Crippen LogP) is 2.84. The Balaban J connectivity index is 1.73. The molecular formula is C27H34N6. The summed E-state index contributed by atoms with van der Waals surface area (Å²) in [4.78, 5) is 5.04. The van der Waals surface area contributed by atoms with E-state index in [1.165, 1.54) is 12.1 Å². The van der Waals surface area contributed by atoms with Gasteiger partial charge in [-0.15, -0.1) is 5.10 Å². The summed E-state index contributed by atoms with van der Waals surface area (Å²) in [5.74, 6) is 0.777. The molecule has 1 aromatic heterocycles. The maximum atomic E-state index is 9.37. The van der Waals surface area contributed by atoms with Crippen LogP contribution in [0.5, 0.6) is 0 Å². The molecule has 0 saturated carbocycles. The largest absolute Gasteiger partial charge is 0.366 e. The Labute approximate surface area is 196 Å². The second-order valence-electron chi connectivity index (χ2n) is 9.04. The summed E-state index contributed by atoms with van der Waals surface area (Å²) in [5.41, 5.74) is 5.01. The Morgan fingerprint density at radius 3 is 2.73 bits per heavy atom. The number of fused-ring (bicyclic) bond motifs is 1. The van der Waals surface area contributed by atoms with Gasteiger partial charge >= 0.3 is 0 Å². The summed E-state index contributed by atoms with van der Waals surface area (Å²) in [7, 11) is 2.23. The van der Waals surface area contributed by atoms with Gasteiger partial charge in [0.25, 0.3) is 0 Å². The number of nitriles is 1. The summed E-state index contributed by atoms with van der Waals surface area (Å²) in [6.07, 6.45) is 8.95. The highest BCUT2D eigenvalue weighted by Crippen LogP contribution is 2.34. The molecule has 2 fully saturated rings. The summed E-state index contributed by atoms with van der Waals surface area (Å²) >= 11 is 0. The van der Waals surface area contributed by atoms with Crippen molar-refractivity contribution < 1.29 is 0 Å². The van der Waals surface area contributed by atoms with E-state index in [0.29, 0.717) is 24.2 Å². The number of hydrogen-bond donors (Lipinski definition) is 1. The van der Waals surface area contributed by atoms with E-state index in [9.17, 15) is 5.26 Å². The zero-order valence-corrected chi connectivity index (χ0v) is 20.4. The molecular weight excluding hydrogens is 408 g/mol. The van der Waals surface area contributed by atoms with Crippen molar-refractivity contribution in [3.63, 3.8) is 0 Å². The number of aryl methyl sites for hydroxylation is 1. The fraction of sp³-hybridized carbons (Fsp3) is 0.444. The van der Waals surface area contributed by atoms with E-state index in [2.05, 4.69) is 76.6 Å². The number of benzene rings is 1. The van der Waals surface area contributed by atoms with Gasteiger partial charge in [0.2, 0.25) is 0 Å². The zero-order valence-electron chi connectivity index (χ0n) is 20.4. The molecule has 33 heavy (non-hydrogen) atoms. The van der Waals surface area contributed by atoms with E-state index in [1.807, 2.05) is 26.0 Å². The van der Waals surface area contributed by atoms with E-state index in [0.717, 1.165) is 52.6 Å². The highest BCUT2D eigenvalue weighted by Gasteiger charge is 2.45. The first-order chi connectivity index (χ1) is 16.0. The standard InChI is InChI=1S/C27H34N6/c1-6-9-22(33-13-12-25-26(33)17-32(25)5)14-24-23(7-2)19(4)30-31-27(24)29-16-21-11-8-10-20(15-28)18(21)3/h7-11,14,25-26H,6,12-13,16-17H2,1-5H3,(H,29,31)/b22-9-,23-7-,24-14+. The number of likely N-dealkylation sites (tertiary alicyclic amines) is 2. The third-order valence-electron chi connectivity index (χ3n) is 7.13. The molecule has 4 rings (SSSR count). The van der Waals surface area contributed by atoms with E-state index in [4.69, 9.17) is 0 Å². The Morgan fingerprint density at radius 2 is 2.06 bits per heavy atom. The molecule has 0 spiro atoms. The van der Waals surface area contributed by atoms with Gasteiger partial charge in [0.1, 0.15) is 0 Å². The lowest BCUT2D eigenvalue weighted by Crippen LogP contribution is -2.59. The number of hydrogen-bond acceptors (Lipinski definition) is 6. The van der Waals surface area contributed by atoms with Crippen LogP contribution >= 0.6 is 0 Å². The highest BCUT2D eigenvalue weighted by atomic mass is 15.4. The molecule has 2 atom stereocenters. The summed E-state index contributed by atoms with van der Waals surface area (Å²) in [5, 5.41) is 24.0. The van der Waals surface area contributed by atoms with Crippen molar-refractivity contribution in [2.45, 2.75) is 59.2 Å². The van der Waals surface area contributed by atoms with Crippen molar-refractivity contribution in [3.8, 4) is 6.07 Å². The molecule has 6 nitrogen and oxygen atoms in total. The average Bonchev–Trinajstić information content (AvgIpc) is 3.15. The Kier molecular flexibility index (Phi) is 6.80. The molecule has 2 aliphatic heterocycles.